The number of para-hydroxylation sites is 1. The molecule has 0 fully saturated rings. The predicted molar refractivity (Wildman–Crippen MR) is 87.0 cm³/mol. The Balaban J connectivity index is 2.20. The second-order valence-corrected chi connectivity index (χ2v) is 4.75. The van der Waals surface area contributed by atoms with Gasteiger partial charge in [0.25, 0.3) is 5.91 Å². The molecule has 24 heavy (non-hydrogen) atoms. The molecular formula is C18H17NO5. The number of hydrogen-bond donors (Lipinski definition) is 0. The molecule has 0 atom stereocenters. The number of ether oxygens (including phenoxy) is 1. The van der Waals surface area contributed by atoms with Crippen molar-refractivity contribution in [2.45, 2.75) is 13.3 Å². The Labute approximate surface area is 139 Å². The van der Waals surface area contributed by atoms with Gasteiger partial charge in [0.05, 0.1) is 12.3 Å². The highest BCUT2D eigenvalue weighted by atomic mass is 16.7. The maximum Gasteiger partial charge on any atom is 0.344 e. The first-order valence-corrected chi connectivity index (χ1v) is 7.42. The SMILES string of the molecule is CCOC(=O)CC(=O)ON(C(=O)c1ccccc1)c1ccccc1. The number of rotatable bonds is 5. The number of hydrogen-bond acceptors (Lipinski definition) is 5. The molecule has 0 bridgehead atoms. The van der Waals surface area contributed by atoms with Crippen LogP contribution in [0.4, 0.5) is 5.69 Å². The van der Waals surface area contributed by atoms with E-state index in [2.05, 4.69) is 0 Å². The Hall–Kier alpha value is -3.15. The molecular weight excluding hydrogens is 310 g/mol. The van der Waals surface area contributed by atoms with Crippen LogP contribution in [0.1, 0.15) is 23.7 Å². The summed E-state index contributed by atoms with van der Waals surface area (Å²) in [6.45, 7) is 1.80. The van der Waals surface area contributed by atoms with Gasteiger partial charge in [-0.05, 0) is 31.2 Å². The first-order valence-electron chi connectivity index (χ1n) is 7.42. The molecule has 0 saturated carbocycles. The van der Waals surface area contributed by atoms with Crippen LogP contribution in [0, 0.1) is 0 Å². The molecule has 0 aliphatic carbocycles. The number of carbonyl (C=O) groups excluding carboxylic acids is 3. The van der Waals surface area contributed by atoms with E-state index in [1.807, 2.05) is 0 Å². The summed E-state index contributed by atoms with van der Waals surface area (Å²) >= 11 is 0. The van der Waals surface area contributed by atoms with Gasteiger partial charge in [-0.3, -0.25) is 9.59 Å². The largest absolute Gasteiger partial charge is 0.466 e. The maximum absolute atomic E-state index is 12.6. The van der Waals surface area contributed by atoms with Gasteiger partial charge in [0.15, 0.2) is 0 Å². The van der Waals surface area contributed by atoms with Crippen molar-refractivity contribution in [1.82, 2.24) is 0 Å². The molecule has 0 heterocycles. The highest BCUT2D eigenvalue weighted by Crippen LogP contribution is 2.18. The number of hydroxylamine groups is 1. The zero-order valence-electron chi connectivity index (χ0n) is 13.2. The van der Waals surface area contributed by atoms with Crippen molar-refractivity contribution in [2.24, 2.45) is 0 Å². The van der Waals surface area contributed by atoms with E-state index in [0.29, 0.717) is 11.3 Å². The number of anilines is 1. The van der Waals surface area contributed by atoms with Gasteiger partial charge in [-0.15, -0.1) is 5.06 Å². The lowest BCUT2D eigenvalue weighted by Gasteiger charge is -2.21. The van der Waals surface area contributed by atoms with Crippen LogP contribution >= 0.6 is 0 Å². The first kappa shape index (κ1) is 17.2. The van der Waals surface area contributed by atoms with Crippen LogP contribution in [0.3, 0.4) is 0 Å². The monoisotopic (exact) mass is 327 g/mol. The Morgan fingerprint density at radius 3 is 2.04 bits per heavy atom. The predicted octanol–water partition coefficient (Wildman–Crippen LogP) is 2.74. The minimum absolute atomic E-state index is 0.164. The first-order chi connectivity index (χ1) is 11.6. The highest BCUT2D eigenvalue weighted by molar-refractivity contribution is 6.06. The minimum Gasteiger partial charge on any atom is -0.466 e. The summed E-state index contributed by atoms with van der Waals surface area (Å²) in [4.78, 5) is 41.1. The Bertz CT molecular complexity index is 700. The van der Waals surface area contributed by atoms with Crippen molar-refractivity contribution in [3.63, 3.8) is 0 Å². The van der Waals surface area contributed by atoms with Crippen LogP contribution in [0.25, 0.3) is 0 Å². The molecule has 0 unspecified atom stereocenters. The molecule has 124 valence electrons. The summed E-state index contributed by atoms with van der Waals surface area (Å²) in [6, 6.07) is 16.8. The van der Waals surface area contributed by atoms with E-state index in [0.717, 1.165) is 5.06 Å². The van der Waals surface area contributed by atoms with Crippen LogP contribution in [-0.2, 0) is 19.2 Å². The lowest BCUT2D eigenvalue weighted by atomic mass is 10.2. The fraction of sp³-hybridized carbons (Fsp3) is 0.167. The fourth-order valence-electron chi connectivity index (χ4n) is 1.94. The van der Waals surface area contributed by atoms with Gasteiger partial charge >= 0.3 is 11.9 Å². The van der Waals surface area contributed by atoms with Crippen molar-refractivity contribution in [3.05, 3.63) is 66.2 Å². The van der Waals surface area contributed by atoms with Crippen molar-refractivity contribution < 1.29 is 24.0 Å². The molecule has 2 aromatic carbocycles. The topological polar surface area (TPSA) is 72.9 Å². The molecule has 0 N–H and O–H groups in total. The Morgan fingerprint density at radius 1 is 0.875 bits per heavy atom. The molecule has 6 heteroatoms. The summed E-state index contributed by atoms with van der Waals surface area (Å²) in [7, 11) is 0. The summed E-state index contributed by atoms with van der Waals surface area (Å²) in [5, 5.41) is 0.872. The van der Waals surface area contributed by atoms with E-state index >= 15 is 0 Å². The standard InChI is InChI=1S/C18H17NO5/c1-2-23-16(20)13-17(21)24-19(15-11-7-4-8-12-15)18(22)14-9-5-3-6-10-14/h3-12H,2,13H2,1H3. The van der Waals surface area contributed by atoms with Gasteiger partial charge < -0.3 is 9.57 Å². The van der Waals surface area contributed by atoms with Crippen molar-refractivity contribution in [2.75, 3.05) is 11.7 Å². The quantitative estimate of drug-likeness (QED) is 0.480. The third kappa shape index (κ3) is 4.67. The molecule has 0 aromatic heterocycles. The van der Waals surface area contributed by atoms with E-state index < -0.39 is 24.3 Å². The van der Waals surface area contributed by atoms with Crippen LogP contribution in [0.5, 0.6) is 0 Å². The van der Waals surface area contributed by atoms with Crippen molar-refractivity contribution >= 4 is 23.5 Å². The minimum atomic E-state index is -0.874. The molecule has 2 rings (SSSR count). The molecule has 2 aromatic rings. The maximum atomic E-state index is 12.6. The molecule has 0 aliphatic rings. The molecule has 1 amide bonds. The third-order valence-corrected chi connectivity index (χ3v) is 2.98. The van der Waals surface area contributed by atoms with E-state index in [1.54, 1.807) is 67.6 Å². The zero-order valence-corrected chi connectivity index (χ0v) is 13.2. The van der Waals surface area contributed by atoms with Crippen molar-refractivity contribution in [3.8, 4) is 0 Å². The van der Waals surface area contributed by atoms with E-state index in [-0.39, 0.29) is 6.61 Å². The molecule has 0 radical (unpaired) electrons. The van der Waals surface area contributed by atoms with Crippen LogP contribution in [0.2, 0.25) is 0 Å². The van der Waals surface area contributed by atoms with Gasteiger partial charge in [0, 0.05) is 5.56 Å². The normalized spacial score (nSPS) is 9.88. The van der Waals surface area contributed by atoms with E-state index in [1.165, 1.54) is 0 Å². The van der Waals surface area contributed by atoms with Crippen LogP contribution in [0.15, 0.2) is 60.7 Å². The van der Waals surface area contributed by atoms with Crippen LogP contribution in [-0.4, -0.2) is 24.5 Å². The second kappa shape index (κ2) is 8.47. The lowest BCUT2D eigenvalue weighted by Crippen LogP contribution is -2.34. The summed E-state index contributed by atoms with van der Waals surface area (Å²) < 4.78 is 4.70. The Morgan fingerprint density at radius 2 is 1.46 bits per heavy atom. The Kier molecular flexibility index (Phi) is 6.08. The number of carbonyl (C=O) groups is 3. The van der Waals surface area contributed by atoms with Crippen molar-refractivity contribution in [1.29, 1.82) is 0 Å². The summed E-state index contributed by atoms with van der Waals surface area (Å²) in [5.41, 5.74) is 0.730. The van der Waals surface area contributed by atoms with Gasteiger partial charge in [0.1, 0.15) is 6.42 Å². The average Bonchev–Trinajstić information content (AvgIpc) is 2.61. The average molecular weight is 327 g/mol. The number of amides is 1. The van der Waals surface area contributed by atoms with Gasteiger partial charge in [-0.2, -0.15) is 0 Å². The lowest BCUT2D eigenvalue weighted by molar-refractivity contribution is -0.154. The molecule has 0 saturated heterocycles. The second-order valence-electron chi connectivity index (χ2n) is 4.75. The number of esters is 1. The fourth-order valence-corrected chi connectivity index (χ4v) is 1.94. The summed E-state index contributed by atoms with van der Waals surface area (Å²) in [6.07, 6.45) is -0.570. The zero-order chi connectivity index (χ0) is 17.4. The number of benzene rings is 2. The highest BCUT2D eigenvalue weighted by Gasteiger charge is 2.23. The molecule has 0 spiro atoms. The third-order valence-electron chi connectivity index (χ3n) is 2.98. The van der Waals surface area contributed by atoms with Gasteiger partial charge in [-0.1, -0.05) is 36.4 Å². The molecule has 0 aliphatic heterocycles. The van der Waals surface area contributed by atoms with E-state index in [9.17, 15) is 14.4 Å². The van der Waals surface area contributed by atoms with Gasteiger partial charge in [0.2, 0.25) is 0 Å². The number of nitrogens with zero attached hydrogens (tertiary/aromatic N) is 1. The van der Waals surface area contributed by atoms with Crippen LogP contribution < -0.4 is 5.06 Å². The molecule has 6 nitrogen and oxygen atoms in total. The summed E-state index contributed by atoms with van der Waals surface area (Å²) in [5.74, 6) is -2.09. The smallest absolute Gasteiger partial charge is 0.344 e. The van der Waals surface area contributed by atoms with Gasteiger partial charge in [-0.25, -0.2) is 4.79 Å². The van der Waals surface area contributed by atoms with E-state index in [4.69, 9.17) is 9.57 Å².